The Balaban J connectivity index is 1.50. The number of fused-ring (bicyclic) bond motifs is 1. The van der Waals surface area contributed by atoms with Gasteiger partial charge in [0.15, 0.2) is 0 Å². The molecule has 1 aliphatic heterocycles. The molecule has 4 rings (SSSR count). The average Bonchev–Trinajstić information content (AvgIpc) is 3.04. The second kappa shape index (κ2) is 8.21. The first-order chi connectivity index (χ1) is 14.6. The van der Waals surface area contributed by atoms with Gasteiger partial charge in [0.25, 0.3) is 11.6 Å². The van der Waals surface area contributed by atoms with Crippen LogP contribution in [0, 0.1) is 10.1 Å². The van der Waals surface area contributed by atoms with Crippen LogP contribution in [0.15, 0.2) is 72.8 Å². The van der Waals surface area contributed by atoms with E-state index in [1.807, 2.05) is 61.5 Å². The van der Waals surface area contributed by atoms with Gasteiger partial charge in [-0.3, -0.25) is 14.9 Å². The summed E-state index contributed by atoms with van der Waals surface area (Å²) in [6, 6.07) is 21.6. The number of non-ortho nitro benzene ring substituents is 1. The fourth-order valence-corrected chi connectivity index (χ4v) is 3.51. The normalized spacial score (nSPS) is 14.1. The minimum atomic E-state index is -0.423. The average molecular weight is 400 g/mol. The summed E-state index contributed by atoms with van der Waals surface area (Å²) in [5.74, 6) is 0.654. The van der Waals surface area contributed by atoms with Gasteiger partial charge in [-0.15, -0.1) is 0 Å². The first-order valence-corrected chi connectivity index (χ1v) is 9.66. The summed E-state index contributed by atoms with van der Waals surface area (Å²) in [4.78, 5) is 25.0. The van der Waals surface area contributed by atoms with Gasteiger partial charge in [0.1, 0.15) is 12.4 Å². The third kappa shape index (κ3) is 3.80. The number of carbonyl (C=O) groups excluding carboxylic acids is 1. The summed E-state index contributed by atoms with van der Waals surface area (Å²) >= 11 is 0. The maximum absolute atomic E-state index is 12.8. The van der Waals surface area contributed by atoms with Crippen LogP contribution >= 0.6 is 0 Å². The fraction of sp³-hybridized carbons (Fsp3) is 0.125. The maximum Gasteiger partial charge on any atom is 0.269 e. The molecule has 0 saturated carbocycles. The van der Waals surface area contributed by atoms with Crippen molar-refractivity contribution in [2.45, 2.75) is 13.5 Å². The molecule has 30 heavy (non-hydrogen) atoms. The van der Waals surface area contributed by atoms with Gasteiger partial charge in [0, 0.05) is 29.8 Å². The highest BCUT2D eigenvalue weighted by Gasteiger charge is 2.30. The van der Waals surface area contributed by atoms with Gasteiger partial charge in [0.2, 0.25) is 0 Å². The van der Waals surface area contributed by atoms with Gasteiger partial charge < -0.3 is 9.64 Å². The molecule has 0 aromatic heterocycles. The van der Waals surface area contributed by atoms with Crippen molar-refractivity contribution in [2.24, 2.45) is 0 Å². The fourth-order valence-electron chi connectivity index (χ4n) is 3.51. The van der Waals surface area contributed by atoms with Crippen molar-refractivity contribution < 1.29 is 14.5 Å². The number of benzene rings is 3. The maximum atomic E-state index is 12.8. The quantitative estimate of drug-likeness (QED) is 0.329. The van der Waals surface area contributed by atoms with Crippen molar-refractivity contribution >= 4 is 28.9 Å². The van der Waals surface area contributed by atoms with Gasteiger partial charge in [-0.05, 0) is 42.3 Å². The summed E-state index contributed by atoms with van der Waals surface area (Å²) < 4.78 is 5.75. The van der Waals surface area contributed by atoms with Gasteiger partial charge in [-0.1, -0.05) is 42.5 Å². The third-order valence-electron chi connectivity index (χ3n) is 4.99. The molecule has 3 aromatic carbocycles. The number of anilines is 1. The van der Waals surface area contributed by atoms with Gasteiger partial charge in [0.05, 0.1) is 10.6 Å². The van der Waals surface area contributed by atoms with E-state index in [1.165, 1.54) is 12.1 Å². The molecule has 0 atom stereocenters. The molecule has 1 aliphatic rings. The number of likely N-dealkylation sites (N-methyl/N-ethyl adjacent to an activating group) is 1. The lowest BCUT2D eigenvalue weighted by atomic mass is 10.0. The molecule has 6 nitrogen and oxygen atoms in total. The minimum absolute atomic E-state index is 0.00435. The molecule has 0 N–H and O–H groups in total. The minimum Gasteiger partial charge on any atom is -0.489 e. The summed E-state index contributed by atoms with van der Waals surface area (Å²) in [7, 11) is 0. The summed E-state index contributed by atoms with van der Waals surface area (Å²) in [6.45, 7) is 2.82. The van der Waals surface area contributed by atoms with Crippen LogP contribution in [-0.2, 0) is 11.4 Å². The van der Waals surface area contributed by atoms with E-state index in [-0.39, 0.29) is 18.2 Å². The number of nitro benzene ring substituents is 1. The summed E-state index contributed by atoms with van der Waals surface area (Å²) in [6.07, 6.45) is 1.89. The van der Waals surface area contributed by atoms with Crippen LogP contribution in [-0.4, -0.2) is 17.4 Å². The lowest BCUT2D eigenvalue weighted by Gasteiger charge is -2.13. The molecule has 150 valence electrons. The zero-order valence-electron chi connectivity index (χ0n) is 16.4. The molecule has 3 aromatic rings. The van der Waals surface area contributed by atoms with Gasteiger partial charge in [-0.25, -0.2) is 0 Å². The topological polar surface area (TPSA) is 72.7 Å². The summed E-state index contributed by atoms with van der Waals surface area (Å²) in [5.41, 5.74) is 4.22. The van der Waals surface area contributed by atoms with Crippen molar-refractivity contribution in [3.63, 3.8) is 0 Å². The predicted octanol–water partition coefficient (Wildman–Crippen LogP) is 5.08. The Labute approximate surface area is 174 Å². The monoisotopic (exact) mass is 400 g/mol. The number of amides is 1. The van der Waals surface area contributed by atoms with Crippen LogP contribution < -0.4 is 9.64 Å². The number of ether oxygens (including phenoxy) is 1. The van der Waals surface area contributed by atoms with Crippen LogP contribution in [0.2, 0.25) is 0 Å². The zero-order valence-corrected chi connectivity index (χ0v) is 16.4. The molecule has 1 heterocycles. The Hall–Kier alpha value is -3.93. The second-order valence-electron chi connectivity index (χ2n) is 6.91. The molecule has 1 amide bonds. The molecular formula is C24H20N2O4. The van der Waals surface area contributed by atoms with Crippen molar-refractivity contribution in [3.05, 3.63) is 99.6 Å². The Morgan fingerprint density at radius 2 is 1.80 bits per heavy atom. The van der Waals surface area contributed by atoms with Gasteiger partial charge >= 0.3 is 0 Å². The van der Waals surface area contributed by atoms with Crippen LogP contribution in [0.4, 0.5) is 11.4 Å². The number of hydrogen-bond donors (Lipinski definition) is 0. The van der Waals surface area contributed by atoms with E-state index < -0.39 is 4.92 Å². The first-order valence-electron chi connectivity index (χ1n) is 9.66. The van der Waals surface area contributed by atoms with E-state index in [1.54, 1.807) is 17.0 Å². The number of carbonyl (C=O) groups is 1. The number of nitrogens with zero attached hydrogens (tertiary/aromatic N) is 2. The van der Waals surface area contributed by atoms with Crippen molar-refractivity contribution in [1.29, 1.82) is 0 Å². The largest absolute Gasteiger partial charge is 0.489 e. The van der Waals surface area contributed by atoms with E-state index in [2.05, 4.69) is 0 Å². The Kier molecular flexibility index (Phi) is 5.30. The highest BCUT2D eigenvalue weighted by molar-refractivity contribution is 6.35. The first kappa shape index (κ1) is 19.4. The van der Waals surface area contributed by atoms with Crippen molar-refractivity contribution in [2.75, 3.05) is 11.4 Å². The molecular weight excluding hydrogens is 380 g/mol. The molecule has 0 unspecified atom stereocenters. The van der Waals surface area contributed by atoms with Crippen molar-refractivity contribution in [3.8, 4) is 5.75 Å². The number of nitro groups is 1. The van der Waals surface area contributed by atoms with Crippen LogP contribution in [0.1, 0.15) is 23.6 Å². The number of rotatable bonds is 6. The Morgan fingerprint density at radius 3 is 2.53 bits per heavy atom. The summed E-state index contributed by atoms with van der Waals surface area (Å²) in [5, 5.41) is 10.9. The SMILES string of the molecule is CCN1C(=O)/C(=C\c2ccc(OCc3cccc([N+](=O)[O-])c3)cc2)c2ccccc21. The smallest absolute Gasteiger partial charge is 0.269 e. The van der Waals surface area contributed by atoms with Crippen LogP contribution in [0.5, 0.6) is 5.75 Å². The Bertz CT molecular complexity index is 1140. The van der Waals surface area contributed by atoms with Crippen LogP contribution in [0.25, 0.3) is 11.6 Å². The van der Waals surface area contributed by atoms with E-state index >= 15 is 0 Å². The van der Waals surface area contributed by atoms with E-state index in [0.29, 0.717) is 17.9 Å². The molecule has 0 bridgehead atoms. The van der Waals surface area contributed by atoms with E-state index in [0.717, 1.165) is 22.4 Å². The van der Waals surface area contributed by atoms with Crippen LogP contribution in [0.3, 0.4) is 0 Å². The molecule has 0 saturated heterocycles. The van der Waals surface area contributed by atoms with E-state index in [4.69, 9.17) is 4.74 Å². The number of hydrogen-bond acceptors (Lipinski definition) is 4. The Morgan fingerprint density at radius 1 is 1.03 bits per heavy atom. The van der Waals surface area contributed by atoms with E-state index in [9.17, 15) is 14.9 Å². The standard InChI is InChI=1S/C24H20N2O4/c1-2-25-23-9-4-3-8-21(23)22(24(25)27)15-17-10-12-20(13-11-17)30-16-18-6-5-7-19(14-18)26(28)29/h3-15H,2,16H2,1H3/b22-15-. The molecule has 0 fully saturated rings. The highest BCUT2D eigenvalue weighted by atomic mass is 16.6. The predicted molar refractivity (Wildman–Crippen MR) is 116 cm³/mol. The molecule has 6 heteroatoms. The van der Waals surface area contributed by atoms with Gasteiger partial charge in [-0.2, -0.15) is 0 Å². The molecule has 0 aliphatic carbocycles. The zero-order chi connectivity index (χ0) is 21.1. The van der Waals surface area contributed by atoms with Crippen molar-refractivity contribution in [1.82, 2.24) is 0 Å². The second-order valence-corrected chi connectivity index (χ2v) is 6.91. The molecule has 0 radical (unpaired) electrons. The number of para-hydroxylation sites is 1. The highest BCUT2D eigenvalue weighted by Crippen LogP contribution is 2.37. The molecule has 0 spiro atoms. The third-order valence-corrected chi connectivity index (χ3v) is 4.99. The lowest BCUT2D eigenvalue weighted by molar-refractivity contribution is -0.384. The lowest BCUT2D eigenvalue weighted by Crippen LogP contribution is -2.25.